The van der Waals surface area contributed by atoms with E-state index in [4.69, 9.17) is 18.9 Å². The molecular formula is C24H31NO6. The number of hydrogen-bond donors (Lipinski definition) is 1. The third-order valence-corrected chi connectivity index (χ3v) is 4.97. The normalized spacial score (nSPS) is 11.6. The fraction of sp³-hybridized carbons (Fsp3) is 0.417. The van der Waals surface area contributed by atoms with E-state index in [0.29, 0.717) is 17.2 Å². The number of carbonyl (C=O) groups is 2. The van der Waals surface area contributed by atoms with Crippen LogP contribution in [0.4, 0.5) is 0 Å². The van der Waals surface area contributed by atoms with Crippen LogP contribution in [0.2, 0.25) is 0 Å². The minimum atomic E-state index is -0.664. The Morgan fingerprint density at radius 2 is 1.52 bits per heavy atom. The molecule has 168 valence electrons. The Bertz CT molecular complexity index is 866. The maximum atomic E-state index is 12.5. The van der Waals surface area contributed by atoms with E-state index >= 15 is 0 Å². The average molecular weight is 430 g/mol. The zero-order valence-corrected chi connectivity index (χ0v) is 19.0. The second kappa shape index (κ2) is 11.2. The number of nitrogens with one attached hydrogen (secondary N) is 1. The molecule has 7 nitrogen and oxygen atoms in total. The molecule has 0 saturated carbocycles. The molecule has 2 aromatic carbocycles. The molecule has 0 aliphatic heterocycles. The van der Waals surface area contributed by atoms with Gasteiger partial charge in [0.2, 0.25) is 5.75 Å². The molecule has 0 bridgehead atoms. The summed E-state index contributed by atoms with van der Waals surface area (Å²) in [5.41, 5.74) is 2.44. The predicted molar refractivity (Wildman–Crippen MR) is 118 cm³/mol. The van der Waals surface area contributed by atoms with Gasteiger partial charge in [-0.3, -0.25) is 4.79 Å². The van der Waals surface area contributed by atoms with Gasteiger partial charge in [0, 0.05) is 0 Å². The number of hydrogen-bond acceptors (Lipinski definition) is 6. The second-order valence-corrected chi connectivity index (χ2v) is 7.37. The van der Waals surface area contributed by atoms with Crippen LogP contribution in [-0.4, -0.2) is 39.8 Å². The van der Waals surface area contributed by atoms with E-state index in [-0.39, 0.29) is 23.4 Å². The fourth-order valence-electron chi connectivity index (χ4n) is 3.22. The van der Waals surface area contributed by atoms with Crippen LogP contribution >= 0.6 is 0 Å². The Kier molecular flexibility index (Phi) is 8.73. The van der Waals surface area contributed by atoms with Crippen LogP contribution in [0.15, 0.2) is 36.4 Å². The molecule has 1 amide bonds. The molecule has 0 spiro atoms. The lowest BCUT2D eigenvalue weighted by molar-refractivity contribution is -0.125. The summed E-state index contributed by atoms with van der Waals surface area (Å²) in [5, 5.41) is 2.95. The summed E-state index contributed by atoms with van der Waals surface area (Å²) in [5.74, 6) is 0.152. The summed E-state index contributed by atoms with van der Waals surface area (Å²) in [6.07, 6.45) is 0.954. The maximum Gasteiger partial charge on any atom is 0.338 e. The Hall–Kier alpha value is -3.22. The highest BCUT2D eigenvalue weighted by Gasteiger charge is 2.21. The highest BCUT2D eigenvalue weighted by atomic mass is 16.5. The minimum absolute atomic E-state index is 0.169. The van der Waals surface area contributed by atoms with Crippen molar-refractivity contribution in [1.82, 2.24) is 5.32 Å². The van der Waals surface area contributed by atoms with E-state index in [1.807, 2.05) is 26.0 Å². The third-order valence-electron chi connectivity index (χ3n) is 4.97. The van der Waals surface area contributed by atoms with Crippen molar-refractivity contribution in [3.8, 4) is 17.2 Å². The van der Waals surface area contributed by atoms with Crippen molar-refractivity contribution in [1.29, 1.82) is 0 Å². The van der Waals surface area contributed by atoms with Crippen molar-refractivity contribution in [3.05, 3.63) is 53.1 Å². The Balaban J connectivity index is 2.06. The zero-order chi connectivity index (χ0) is 23.0. The van der Waals surface area contributed by atoms with E-state index in [1.165, 1.54) is 39.0 Å². The van der Waals surface area contributed by atoms with Crippen LogP contribution < -0.4 is 19.5 Å². The number of aryl methyl sites for hydroxylation is 1. The largest absolute Gasteiger partial charge is 0.493 e. The van der Waals surface area contributed by atoms with Gasteiger partial charge < -0.3 is 24.3 Å². The standard InChI is InChI=1S/C24H31NO6/c1-7-16-8-10-17(11-9-16)22(15(2)3)25-21(26)14-31-24(27)18-12-19(28-4)23(30-6)20(13-18)29-5/h8-13,15,22H,7,14H2,1-6H3,(H,25,26)/t22-/m1/s1. The van der Waals surface area contributed by atoms with Gasteiger partial charge in [0.25, 0.3) is 5.91 Å². The Labute approximate surface area is 183 Å². The first-order valence-electron chi connectivity index (χ1n) is 10.2. The average Bonchev–Trinajstić information content (AvgIpc) is 2.79. The molecule has 31 heavy (non-hydrogen) atoms. The number of methoxy groups -OCH3 is 3. The molecule has 0 aliphatic carbocycles. The van der Waals surface area contributed by atoms with E-state index in [0.717, 1.165) is 12.0 Å². The summed E-state index contributed by atoms with van der Waals surface area (Å²) < 4.78 is 21.0. The molecule has 1 atom stereocenters. The predicted octanol–water partition coefficient (Wildman–Crippen LogP) is 3.95. The Morgan fingerprint density at radius 1 is 0.935 bits per heavy atom. The van der Waals surface area contributed by atoms with Gasteiger partial charge in [-0.15, -0.1) is 0 Å². The van der Waals surface area contributed by atoms with Gasteiger partial charge in [-0.1, -0.05) is 45.0 Å². The molecule has 2 rings (SSSR count). The van der Waals surface area contributed by atoms with E-state index in [1.54, 1.807) is 0 Å². The van der Waals surface area contributed by atoms with Gasteiger partial charge in [0.15, 0.2) is 18.1 Å². The first kappa shape index (κ1) is 24.1. The topological polar surface area (TPSA) is 83.1 Å². The monoisotopic (exact) mass is 429 g/mol. The van der Waals surface area contributed by atoms with Crippen molar-refractivity contribution in [2.75, 3.05) is 27.9 Å². The van der Waals surface area contributed by atoms with Gasteiger partial charge in [0.05, 0.1) is 32.9 Å². The van der Waals surface area contributed by atoms with Crippen LogP contribution in [0.3, 0.4) is 0 Å². The number of carbonyl (C=O) groups excluding carboxylic acids is 2. The second-order valence-electron chi connectivity index (χ2n) is 7.37. The van der Waals surface area contributed by atoms with E-state index in [2.05, 4.69) is 24.4 Å². The first-order valence-corrected chi connectivity index (χ1v) is 10.2. The number of rotatable bonds is 10. The lowest BCUT2D eigenvalue weighted by Gasteiger charge is -2.23. The van der Waals surface area contributed by atoms with Gasteiger partial charge in [-0.05, 0) is 35.6 Å². The fourth-order valence-corrected chi connectivity index (χ4v) is 3.22. The van der Waals surface area contributed by atoms with Gasteiger partial charge in [-0.2, -0.15) is 0 Å². The highest BCUT2D eigenvalue weighted by molar-refractivity contribution is 5.92. The molecule has 2 aromatic rings. The molecule has 0 radical (unpaired) electrons. The van der Waals surface area contributed by atoms with Crippen molar-refractivity contribution in [2.24, 2.45) is 5.92 Å². The van der Waals surface area contributed by atoms with Gasteiger partial charge in [0.1, 0.15) is 0 Å². The quantitative estimate of drug-likeness (QED) is 0.576. The smallest absolute Gasteiger partial charge is 0.338 e. The van der Waals surface area contributed by atoms with Gasteiger partial charge >= 0.3 is 5.97 Å². The molecule has 0 saturated heterocycles. The molecule has 1 N–H and O–H groups in total. The summed E-state index contributed by atoms with van der Waals surface area (Å²) >= 11 is 0. The van der Waals surface area contributed by atoms with Crippen LogP contribution in [0, 0.1) is 5.92 Å². The van der Waals surface area contributed by atoms with Crippen LogP contribution in [0.5, 0.6) is 17.2 Å². The lowest BCUT2D eigenvalue weighted by Crippen LogP contribution is -2.35. The van der Waals surface area contributed by atoms with Crippen LogP contribution in [0.25, 0.3) is 0 Å². The van der Waals surface area contributed by atoms with E-state index < -0.39 is 12.6 Å². The van der Waals surface area contributed by atoms with Crippen LogP contribution in [-0.2, 0) is 16.0 Å². The highest BCUT2D eigenvalue weighted by Crippen LogP contribution is 2.38. The molecule has 0 heterocycles. The molecular weight excluding hydrogens is 398 g/mol. The molecule has 0 aromatic heterocycles. The summed E-state index contributed by atoms with van der Waals surface area (Å²) in [6, 6.07) is 10.9. The molecule has 0 aliphatic rings. The van der Waals surface area contributed by atoms with Crippen LogP contribution in [0.1, 0.15) is 48.3 Å². The van der Waals surface area contributed by atoms with Crippen molar-refractivity contribution in [2.45, 2.75) is 33.2 Å². The molecule has 0 fully saturated rings. The van der Waals surface area contributed by atoms with Gasteiger partial charge in [-0.25, -0.2) is 4.79 Å². The lowest BCUT2D eigenvalue weighted by atomic mass is 9.95. The third kappa shape index (κ3) is 6.13. The number of benzene rings is 2. The van der Waals surface area contributed by atoms with E-state index in [9.17, 15) is 9.59 Å². The minimum Gasteiger partial charge on any atom is -0.493 e. The number of amides is 1. The number of esters is 1. The van der Waals surface area contributed by atoms with Crippen molar-refractivity contribution >= 4 is 11.9 Å². The van der Waals surface area contributed by atoms with Crippen molar-refractivity contribution < 1.29 is 28.5 Å². The number of ether oxygens (including phenoxy) is 4. The van der Waals surface area contributed by atoms with Crippen molar-refractivity contribution in [3.63, 3.8) is 0 Å². The summed E-state index contributed by atoms with van der Waals surface area (Å²) in [4.78, 5) is 25.0. The Morgan fingerprint density at radius 3 is 1.97 bits per heavy atom. The zero-order valence-electron chi connectivity index (χ0n) is 19.0. The maximum absolute atomic E-state index is 12.5. The molecule has 0 unspecified atom stereocenters. The summed E-state index contributed by atoms with van der Waals surface area (Å²) in [6.45, 7) is 5.76. The SMILES string of the molecule is CCc1ccc([C@H](NC(=O)COC(=O)c2cc(OC)c(OC)c(OC)c2)C(C)C)cc1. The summed E-state index contributed by atoms with van der Waals surface area (Å²) in [7, 11) is 4.39. The first-order chi connectivity index (χ1) is 14.8. The molecule has 7 heteroatoms.